The van der Waals surface area contributed by atoms with Gasteiger partial charge in [-0.15, -0.1) is 0 Å². The highest BCUT2D eigenvalue weighted by Gasteiger charge is 2.36. The summed E-state index contributed by atoms with van der Waals surface area (Å²) in [7, 11) is 0. The van der Waals surface area contributed by atoms with E-state index in [2.05, 4.69) is 0 Å². The predicted molar refractivity (Wildman–Crippen MR) is 73.9 cm³/mol. The molecule has 0 bridgehead atoms. The lowest BCUT2D eigenvalue weighted by Gasteiger charge is -2.44. The molecule has 5 heteroatoms. The summed E-state index contributed by atoms with van der Waals surface area (Å²) < 4.78 is 5.42. The Kier molecular flexibility index (Phi) is 4.82. The minimum atomic E-state index is -0.493. The molecule has 0 aromatic heterocycles. The van der Waals surface area contributed by atoms with Crippen molar-refractivity contribution in [2.75, 3.05) is 13.1 Å². The molecule has 2 unspecified atom stereocenters. The fourth-order valence-corrected chi connectivity index (χ4v) is 2.42. The maximum atomic E-state index is 12.2. The Hall–Kier alpha value is -1.26. The summed E-state index contributed by atoms with van der Waals surface area (Å²) in [4.78, 5) is 27.5. The summed E-state index contributed by atoms with van der Waals surface area (Å²) in [5, 5.41) is 0. The highest BCUT2D eigenvalue weighted by Crippen LogP contribution is 2.20. The molecule has 0 aliphatic carbocycles. The van der Waals surface area contributed by atoms with Gasteiger partial charge in [0.25, 0.3) is 0 Å². The van der Waals surface area contributed by atoms with Crippen molar-refractivity contribution < 1.29 is 14.3 Å². The van der Waals surface area contributed by atoms with E-state index in [0.717, 1.165) is 0 Å². The zero-order chi connectivity index (χ0) is 14.8. The molecule has 1 saturated heterocycles. The standard InChI is InChI=1S/C14H26N2O3/c1-7-12(17)15-8-10(2)16(11(3)9-15)13(18)19-14(4,5)6/h10-11H,7-9H2,1-6H3. The van der Waals surface area contributed by atoms with Gasteiger partial charge in [-0.1, -0.05) is 6.92 Å². The zero-order valence-corrected chi connectivity index (χ0v) is 12.9. The largest absolute Gasteiger partial charge is 0.444 e. The Bertz CT molecular complexity index is 337. The Labute approximate surface area is 115 Å². The van der Waals surface area contributed by atoms with Crippen LogP contribution in [-0.4, -0.2) is 52.6 Å². The van der Waals surface area contributed by atoms with Crippen molar-refractivity contribution in [2.45, 2.75) is 65.6 Å². The highest BCUT2D eigenvalue weighted by atomic mass is 16.6. The van der Waals surface area contributed by atoms with Crippen LogP contribution in [0.3, 0.4) is 0 Å². The molecule has 110 valence electrons. The van der Waals surface area contributed by atoms with Gasteiger partial charge in [-0.2, -0.15) is 0 Å². The number of rotatable bonds is 1. The van der Waals surface area contributed by atoms with Gasteiger partial charge in [0.2, 0.25) is 5.91 Å². The average Bonchev–Trinajstić information content (AvgIpc) is 2.24. The topological polar surface area (TPSA) is 49.9 Å². The second kappa shape index (κ2) is 5.80. The van der Waals surface area contributed by atoms with Crippen molar-refractivity contribution in [2.24, 2.45) is 0 Å². The van der Waals surface area contributed by atoms with E-state index in [9.17, 15) is 9.59 Å². The van der Waals surface area contributed by atoms with E-state index >= 15 is 0 Å². The van der Waals surface area contributed by atoms with E-state index in [1.165, 1.54) is 0 Å². The molecular formula is C14H26N2O3. The number of amides is 2. The second-order valence-electron chi connectivity index (χ2n) is 6.24. The van der Waals surface area contributed by atoms with Gasteiger partial charge in [-0.3, -0.25) is 9.69 Å². The average molecular weight is 270 g/mol. The lowest BCUT2D eigenvalue weighted by Crippen LogP contribution is -2.60. The molecule has 0 saturated carbocycles. The summed E-state index contributed by atoms with van der Waals surface area (Å²) in [5.41, 5.74) is -0.493. The first-order valence-corrected chi connectivity index (χ1v) is 6.94. The Morgan fingerprint density at radius 1 is 1.16 bits per heavy atom. The maximum absolute atomic E-state index is 12.2. The van der Waals surface area contributed by atoms with Crippen LogP contribution in [-0.2, 0) is 9.53 Å². The van der Waals surface area contributed by atoms with Crippen LogP contribution in [0.1, 0.15) is 48.0 Å². The van der Waals surface area contributed by atoms with E-state index < -0.39 is 5.60 Å². The van der Waals surface area contributed by atoms with Gasteiger partial charge in [0, 0.05) is 19.5 Å². The molecular weight excluding hydrogens is 244 g/mol. The van der Waals surface area contributed by atoms with Gasteiger partial charge >= 0.3 is 6.09 Å². The Morgan fingerprint density at radius 3 is 2.00 bits per heavy atom. The molecule has 1 heterocycles. The second-order valence-corrected chi connectivity index (χ2v) is 6.24. The molecule has 0 spiro atoms. The molecule has 0 radical (unpaired) electrons. The van der Waals surface area contributed by atoms with Crippen molar-refractivity contribution in [1.82, 2.24) is 9.80 Å². The van der Waals surface area contributed by atoms with E-state index in [-0.39, 0.29) is 24.1 Å². The lowest BCUT2D eigenvalue weighted by atomic mass is 10.1. The Balaban J connectivity index is 2.73. The maximum Gasteiger partial charge on any atom is 0.410 e. The van der Waals surface area contributed by atoms with Crippen LogP contribution in [0.5, 0.6) is 0 Å². The van der Waals surface area contributed by atoms with Crippen LogP contribution < -0.4 is 0 Å². The first kappa shape index (κ1) is 15.8. The third-order valence-corrected chi connectivity index (χ3v) is 3.18. The Morgan fingerprint density at radius 2 is 1.63 bits per heavy atom. The molecule has 19 heavy (non-hydrogen) atoms. The molecule has 2 amide bonds. The van der Waals surface area contributed by atoms with Crippen LogP contribution in [0.4, 0.5) is 4.79 Å². The molecule has 0 N–H and O–H groups in total. The van der Waals surface area contributed by atoms with E-state index in [4.69, 9.17) is 4.74 Å². The molecule has 1 aliphatic rings. The van der Waals surface area contributed by atoms with Crippen molar-refractivity contribution in [3.8, 4) is 0 Å². The number of nitrogens with zero attached hydrogens (tertiary/aromatic N) is 2. The minimum Gasteiger partial charge on any atom is -0.444 e. The summed E-state index contributed by atoms with van der Waals surface area (Å²) >= 11 is 0. The monoisotopic (exact) mass is 270 g/mol. The van der Waals surface area contributed by atoms with Gasteiger partial charge in [0.15, 0.2) is 0 Å². The smallest absolute Gasteiger partial charge is 0.410 e. The quantitative estimate of drug-likeness (QED) is 0.734. The van der Waals surface area contributed by atoms with Gasteiger partial charge in [0.1, 0.15) is 5.60 Å². The third-order valence-electron chi connectivity index (χ3n) is 3.18. The van der Waals surface area contributed by atoms with Crippen LogP contribution in [0, 0.1) is 0 Å². The van der Waals surface area contributed by atoms with Crippen LogP contribution in [0.15, 0.2) is 0 Å². The minimum absolute atomic E-state index is 0.0194. The molecule has 1 fully saturated rings. The van der Waals surface area contributed by atoms with Crippen LogP contribution in [0.25, 0.3) is 0 Å². The summed E-state index contributed by atoms with van der Waals surface area (Å²) in [6, 6.07) is -0.0387. The number of hydrogen-bond acceptors (Lipinski definition) is 3. The predicted octanol–water partition coefficient (Wildman–Crippen LogP) is 2.25. The summed E-state index contributed by atoms with van der Waals surface area (Å²) in [5.74, 6) is 0.141. The van der Waals surface area contributed by atoms with Crippen molar-refractivity contribution >= 4 is 12.0 Å². The fraction of sp³-hybridized carbons (Fsp3) is 0.857. The third kappa shape index (κ3) is 4.11. The number of hydrogen-bond donors (Lipinski definition) is 0. The number of carbonyl (C=O) groups excluding carboxylic acids is 2. The molecule has 0 aromatic carbocycles. The number of piperazine rings is 1. The van der Waals surface area contributed by atoms with Crippen molar-refractivity contribution in [3.63, 3.8) is 0 Å². The number of ether oxygens (including phenoxy) is 1. The molecule has 5 nitrogen and oxygen atoms in total. The van der Waals surface area contributed by atoms with Gasteiger partial charge < -0.3 is 9.64 Å². The van der Waals surface area contributed by atoms with Crippen LogP contribution in [0.2, 0.25) is 0 Å². The van der Waals surface area contributed by atoms with Crippen molar-refractivity contribution in [3.05, 3.63) is 0 Å². The first-order valence-electron chi connectivity index (χ1n) is 6.94. The zero-order valence-electron chi connectivity index (χ0n) is 12.9. The highest BCUT2D eigenvalue weighted by molar-refractivity contribution is 5.76. The van der Waals surface area contributed by atoms with E-state index in [1.807, 2.05) is 46.4 Å². The SMILES string of the molecule is CCC(=O)N1CC(C)N(C(=O)OC(C)(C)C)C(C)C1. The summed E-state index contributed by atoms with van der Waals surface area (Å²) in [6.45, 7) is 12.5. The van der Waals surface area contributed by atoms with Crippen molar-refractivity contribution in [1.29, 1.82) is 0 Å². The molecule has 1 rings (SSSR count). The van der Waals surface area contributed by atoms with Gasteiger partial charge in [0.05, 0.1) is 12.1 Å². The molecule has 0 aromatic rings. The van der Waals surface area contributed by atoms with Gasteiger partial charge in [-0.25, -0.2) is 4.79 Å². The lowest BCUT2D eigenvalue weighted by molar-refractivity contribution is -0.135. The van der Waals surface area contributed by atoms with E-state index in [0.29, 0.717) is 19.5 Å². The van der Waals surface area contributed by atoms with E-state index in [1.54, 1.807) is 4.90 Å². The molecule has 1 aliphatic heterocycles. The summed E-state index contributed by atoms with van der Waals surface area (Å²) in [6.07, 6.45) is 0.211. The van der Waals surface area contributed by atoms with Gasteiger partial charge in [-0.05, 0) is 34.6 Å². The molecule has 2 atom stereocenters. The number of carbonyl (C=O) groups is 2. The first-order chi connectivity index (χ1) is 8.65. The fourth-order valence-electron chi connectivity index (χ4n) is 2.42. The normalized spacial score (nSPS) is 24.3. The van der Waals surface area contributed by atoms with Crippen LogP contribution >= 0.6 is 0 Å².